The molecule has 0 amide bonds. The molecule has 1 atom stereocenters. The Kier molecular flexibility index (Phi) is 7.32. The standard InChI is InChI=1S/C32H39NO2/c1-3-33(22-23-8-7-11-25(18-23)24-9-5-4-6-10-24)32-21-30(35-2)16-17-31(32)28-13-12-27-20-29(34)15-14-26(27)19-28/h7-8,11,14-18,20-21,24,28,34H,3-6,9-10,12-13,19,22H2,1-2H3. The number of anilines is 1. The highest BCUT2D eigenvalue weighted by molar-refractivity contribution is 5.60. The van der Waals surface area contributed by atoms with Crippen molar-refractivity contribution in [2.24, 2.45) is 0 Å². The van der Waals surface area contributed by atoms with Crippen LogP contribution in [0.2, 0.25) is 0 Å². The van der Waals surface area contributed by atoms with Gasteiger partial charge in [0.2, 0.25) is 0 Å². The van der Waals surface area contributed by atoms with Crippen molar-refractivity contribution in [1.82, 2.24) is 0 Å². The molecule has 0 aliphatic heterocycles. The molecule has 2 aliphatic carbocycles. The van der Waals surface area contributed by atoms with Crippen molar-refractivity contribution in [3.05, 3.63) is 88.5 Å². The number of fused-ring (bicyclic) bond motifs is 1. The predicted molar refractivity (Wildman–Crippen MR) is 145 cm³/mol. The van der Waals surface area contributed by atoms with E-state index in [9.17, 15) is 5.11 Å². The van der Waals surface area contributed by atoms with Gasteiger partial charge in [0, 0.05) is 24.8 Å². The van der Waals surface area contributed by atoms with Crippen molar-refractivity contribution in [3.8, 4) is 11.5 Å². The Bertz CT molecular complexity index is 1150. The monoisotopic (exact) mass is 469 g/mol. The highest BCUT2D eigenvalue weighted by Gasteiger charge is 2.25. The Morgan fingerprint density at radius 2 is 1.74 bits per heavy atom. The van der Waals surface area contributed by atoms with Gasteiger partial charge in [-0.25, -0.2) is 0 Å². The summed E-state index contributed by atoms with van der Waals surface area (Å²) in [7, 11) is 1.76. The van der Waals surface area contributed by atoms with Gasteiger partial charge in [-0.15, -0.1) is 0 Å². The Hall–Kier alpha value is -2.94. The molecular weight excluding hydrogens is 430 g/mol. The van der Waals surface area contributed by atoms with Crippen LogP contribution in [0.3, 0.4) is 0 Å². The summed E-state index contributed by atoms with van der Waals surface area (Å²) >= 11 is 0. The van der Waals surface area contributed by atoms with E-state index in [0.717, 1.165) is 44.0 Å². The van der Waals surface area contributed by atoms with Crippen LogP contribution in [0.5, 0.6) is 11.5 Å². The molecule has 0 bridgehead atoms. The first-order chi connectivity index (χ1) is 17.1. The first-order valence-electron chi connectivity index (χ1n) is 13.5. The molecule has 1 fully saturated rings. The molecule has 5 rings (SSSR count). The summed E-state index contributed by atoms with van der Waals surface area (Å²) in [6.45, 7) is 4.12. The average Bonchev–Trinajstić information content (AvgIpc) is 2.91. The molecule has 3 aromatic rings. The first kappa shape index (κ1) is 23.8. The molecule has 35 heavy (non-hydrogen) atoms. The van der Waals surface area contributed by atoms with E-state index < -0.39 is 0 Å². The maximum Gasteiger partial charge on any atom is 0.120 e. The zero-order valence-electron chi connectivity index (χ0n) is 21.3. The predicted octanol–water partition coefficient (Wildman–Crippen LogP) is 7.75. The molecule has 1 N–H and O–H groups in total. The number of rotatable bonds is 7. The Labute approximate surface area is 210 Å². The zero-order chi connectivity index (χ0) is 24.2. The third-order valence-corrected chi connectivity index (χ3v) is 8.22. The van der Waals surface area contributed by atoms with Gasteiger partial charge in [0.05, 0.1) is 7.11 Å². The minimum absolute atomic E-state index is 0.375. The van der Waals surface area contributed by atoms with E-state index in [4.69, 9.17) is 4.74 Å². The van der Waals surface area contributed by atoms with Crippen molar-refractivity contribution >= 4 is 5.69 Å². The molecule has 0 heterocycles. The van der Waals surface area contributed by atoms with Gasteiger partial charge in [-0.2, -0.15) is 0 Å². The summed E-state index contributed by atoms with van der Waals surface area (Å²) < 4.78 is 5.66. The van der Waals surface area contributed by atoms with Crippen molar-refractivity contribution in [1.29, 1.82) is 0 Å². The number of benzene rings is 3. The average molecular weight is 470 g/mol. The molecule has 1 unspecified atom stereocenters. The van der Waals surface area contributed by atoms with Gasteiger partial charge in [0.1, 0.15) is 11.5 Å². The van der Waals surface area contributed by atoms with E-state index in [1.54, 1.807) is 7.11 Å². The van der Waals surface area contributed by atoms with Gasteiger partial charge >= 0.3 is 0 Å². The van der Waals surface area contributed by atoms with Crippen LogP contribution >= 0.6 is 0 Å². The van der Waals surface area contributed by atoms with E-state index >= 15 is 0 Å². The fourth-order valence-electron chi connectivity index (χ4n) is 6.25. The topological polar surface area (TPSA) is 32.7 Å². The molecule has 1 saturated carbocycles. The second kappa shape index (κ2) is 10.8. The minimum atomic E-state index is 0.375. The maximum atomic E-state index is 9.90. The lowest BCUT2D eigenvalue weighted by molar-refractivity contribution is 0.414. The number of ether oxygens (including phenoxy) is 1. The van der Waals surface area contributed by atoms with E-state index in [2.05, 4.69) is 60.4 Å². The van der Waals surface area contributed by atoms with Gasteiger partial charge in [-0.3, -0.25) is 0 Å². The van der Waals surface area contributed by atoms with Gasteiger partial charge in [-0.05, 0) is 96.9 Å². The number of phenols is 1. The van der Waals surface area contributed by atoms with Gasteiger partial charge in [-0.1, -0.05) is 55.7 Å². The Balaban J connectivity index is 1.42. The fourth-order valence-corrected chi connectivity index (χ4v) is 6.25. The molecule has 0 spiro atoms. The number of hydrogen-bond acceptors (Lipinski definition) is 3. The fraction of sp³-hybridized carbons (Fsp3) is 0.438. The van der Waals surface area contributed by atoms with Gasteiger partial charge in [0.15, 0.2) is 0 Å². The molecule has 2 aliphatic rings. The molecule has 3 aromatic carbocycles. The summed E-state index contributed by atoms with van der Waals surface area (Å²) in [5.41, 5.74) is 8.29. The number of hydrogen-bond donors (Lipinski definition) is 1. The van der Waals surface area contributed by atoms with E-state index in [0.29, 0.717) is 11.7 Å². The number of phenolic OH excluding ortho intramolecular Hbond substituents is 1. The van der Waals surface area contributed by atoms with Crippen LogP contribution in [-0.4, -0.2) is 18.8 Å². The van der Waals surface area contributed by atoms with Crippen LogP contribution in [0.15, 0.2) is 60.7 Å². The molecular formula is C32H39NO2. The van der Waals surface area contributed by atoms with Gasteiger partial charge < -0.3 is 14.7 Å². The van der Waals surface area contributed by atoms with E-state index in [-0.39, 0.29) is 0 Å². The number of methoxy groups -OCH3 is 1. The van der Waals surface area contributed by atoms with Crippen molar-refractivity contribution < 1.29 is 9.84 Å². The van der Waals surface area contributed by atoms with Crippen LogP contribution in [-0.2, 0) is 19.4 Å². The third kappa shape index (κ3) is 5.34. The molecule has 184 valence electrons. The summed E-state index contributed by atoms with van der Waals surface area (Å²) in [6.07, 6.45) is 9.93. The highest BCUT2D eigenvalue weighted by atomic mass is 16.5. The largest absolute Gasteiger partial charge is 0.508 e. The van der Waals surface area contributed by atoms with Crippen LogP contribution in [0.4, 0.5) is 5.69 Å². The number of aromatic hydroxyl groups is 1. The lowest BCUT2D eigenvalue weighted by atomic mass is 9.79. The second-order valence-electron chi connectivity index (χ2n) is 10.4. The van der Waals surface area contributed by atoms with Crippen molar-refractivity contribution in [2.75, 3.05) is 18.6 Å². The first-order valence-corrected chi connectivity index (χ1v) is 13.5. The number of aryl methyl sites for hydroxylation is 1. The molecule has 0 saturated heterocycles. The van der Waals surface area contributed by atoms with Crippen molar-refractivity contribution in [3.63, 3.8) is 0 Å². The summed E-state index contributed by atoms with van der Waals surface area (Å²) in [4.78, 5) is 2.52. The third-order valence-electron chi connectivity index (χ3n) is 8.22. The Morgan fingerprint density at radius 3 is 2.54 bits per heavy atom. The zero-order valence-corrected chi connectivity index (χ0v) is 21.3. The normalized spacial score (nSPS) is 18.2. The maximum absolute atomic E-state index is 9.90. The van der Waals surface area contributed by atoms with Crippen LogP contribution in [0.1, 0.15) is 85.1 Å². The lowest BCUT2D eigenvalue weighted by Gasteiger charge is -2.32. The number of nitrogens with zero attached hydrogens (tertiary/aromatic N) is 1. The van der Waals surface area contributed by atoms with E-state index in [1.807, 2.05) is 12.1 Å². The molecule has 3 heteroatoms. The Morgan fingerprint density at radius 1 is 0.886 bits per heavy atom. The summed E-state index contributed by atoms with van der Waals surface area (Å²) in [5, 5.41) is 9.90. The SMILES string of the molecule is CCN(Cc1cccc(C2CCCCC2)c1)c1cc(OC)ccc1C1CCc2cc(O)ccc2C1. The summed E-state index contributed by atoms with van der Waals surface area (Å²) in [6, 6.07) is 21.8. The van der Waals surface area contributed by atoms with E-state index in [1.165, 1.54) is 65.6 Å². The molecule has 0 aromatic heterocycles. The van der Waals surface area contributed by atoms with Crippen LogP contribution in [0.25, 0.3) is 0 Å². The van der Waals surface area contributed by atoms with Gasteiger partial charge in [0.25, 0.3) is 0 Å². The smallest absolute Gasteiger partial charge is 0.120 e. The second-order valence-corrected chi connectivity index (χ2v) is 10.4. The van der Waals surface area contributed by atoms with Crippen LogP contribution in [0, 0.1) is 0 Å². The highest BCUT2D eigenvalue weighted by Crippen LogP contribution is 2.40. The van der Waals surface area contributed by atoms with Crippen molar-refractivity contribution in [2.45, 2.75) is 76.7 Å². The lowest BCUT2D eigenvalue weighted by Crippen LogP contribution is -2.25. The molecule has 0 radical (unpaired) electrons. The quantitative estimate of drug-likeness (QED) is 0.384. The molecule has 3 nitrogen and oxygen atoms in total. The minimum Gasteiger partial charge on any atom is -0.508 e. The summed E-state index contributed by atoms with van der Waals surface area (Å²) in [5.74, 6) is 2.49. The van der Waals surface area contributed by atoms with Crippen LogP contribution < -0.4 is 9.64 Å².